The minimum Gasteiger partial charge on any atom is -0.331 e. The van der Waals surface area contributed by atoms with E-state index in [0.717, 1.165) is 28.4 Å². The fraction of sp³-hybridized carbons (Fsp3) is 0.636. The van der Waals surface area contributed by atoms with Crippen molar-refractivity contribution in [1.29, 1.82) is 0 Å². The molecule has 0 aliphatic rings. The maximum absolute atomic E-state index is 11.5. The van der Waals surface area contributed by atoms with Gasteiger partial charge in [0.2, 0.25) is 5.91 Å². The van der Waals surface area contributed by atoms with Crippen LogP contribution in [0.2, 0.25) is 0 Å². The molecule has 0 saturated carbocycles. The Morgan fingerprint density at radius 2 is 1.87 bits per heavy atom. The number of carbonyl (C=O) groups is 2. The van der Waals surface area contributed by atoms with Gasteiger partial charge in [0.15, 0.2) is 0 Å². The normalized spacial score (nSPS) is 10.9. The van der Waals surface area contributed by atoms with Gasteiger partial charge in [0.25, 0.3) is 5.91 Å². The lowest BCUT2D eigenvalue weighted by molar-refractivity contribution is -0.870. The highest BCUT2D eigenvalue weighted by atomic mass is 16.2. The second kappa shape index (κ2) is 5.66. The Balaban J connectivity index is 3.94. The highest BCUT2D eigenvalue weighted by Gasteiger charge is 2.15. The first kappa shape index (κ1) is 13.8. The number of nitrogens with zero attached hydrogens (tertiary/aromatic N) is 2. The summed E-state index contributed by atoms with van der Waals surface area (Å²) in [5, 5.41) is 0. The van der Waals surface area contributed by atoms with Gasteiger partial charge >= 0.3 is 0 Å². The molecule has 0 saturated heterocycles. The van der Waals surface area contributed by atoms with E-state index < -0.39 is 0 Å². The predicted octanol–water partition coefficient (Wildman–Crippen LogP) is 0.644. The van der Waals surface area contributed by atoms with Crippen LogP contribution >= 0.6 is 0 Å². The van der Waals surface area contributed by atoms with Gasteiger partial charge in [-0.1, -0.05) is 6.58 Å². The summed E-state index contributed by atoms with van der Waals surface area (Å²) in [6.45, 7) is 4.26. The zero-order chi connectivity index (χ0) is 12.1. The Hall–Kier alpha value is -1.16. The summed E-state index contributed by atoms with van der Waals surface area (Å²) in [5.74, 6) is -0.487. The smallest absolute Gasteiger partial charge is 0.252 e. The van der Waals surface area contributed by atoms with E-state index in [2.05, 4.69) is 27.7 Å². The first-order valence-corrected chi connectivity index (χ1v) is 5.01. The van der Waals surface area contributed by atoms with Crippen LogP contribution in [0.1, 0.15) is 12.8 Å². The summed E-state index contributed by atoms with van der Waals surface area (Å²) in [6, 6.07) is 0. The van der Waals surface area contributed by atoms with E-state index in [0.29, 0.717) is 6.42 Å². The molecule has 0 spiro atoms. The van der Waals surface area contributed by atoms with Crippen LogP contribution in [0.5, 0.6) is 0 Å². The molecule has 0 unspecified atom stereocenters. The number of likely N-dealkylation sites (N-methyl/N-ethyl adjacent to an activating group) is 1. The molecule has 2 amide bonds. The van der Waals surface area contributed by atoms with Gasteiger partial charge in [-0.15, -0.1) is 0 Å². The van der Waals surface area contributed by atoms with Crippen molar-refractivity contribution in [2.24, 2.45) is 0 Å². The highest BCUT2D eigenvalue weighted by Crippen LogP contribution is 2.01. The van der Waals surface area contributed by atoms with Gasteiger partial charge in [-0.2, -0.15) is 0 Å². The summed E-state index contributed by atoms with van der Waals surface area (Å²) >= 11 is 0. The van der Waals surface area contributed by atoms with E-state index in [9.17, 15) is 9.59 Å². The summed E-state index contributed by atoms with van der Waals surface area (Å²) in [4.78, 5) is 23.7. The van der Waals surface area contributed by atoms with Gasteiger partial charge in [0.05, 0.1) is 27.7 Å². The van der Waals surface area contributed by atoms with Crippen LogP contribution in [0.4, 0.5) is 0 Å². The number of quaternary nitrogens is 1. The molecule has 15 heavy (non-hydrogen) atoms. The highest BCUT2D eigenvalue weighted by molar-refractivity contribution is 6.00. The van der Waals surface area contributed by atoms with E-state index in [-0.39, 0.29) is 11.8 Å². The third-order valence-corrected chi connectivity index (χ3v) is 2.10. The molecule has 0 aliphatic heterocycles. The van der Waals surface area contributed by atoms with Crippen LogP contribution in [-0.4, -0.2) is 55.9 Å². The standard InChI is InChI=1S/C11H21N2O2/c1-6-10(14)12(2)11(15)8-7-9-13(3,4)5/h6H,1,7-9H2,2-5H3/q+1. The molecule has 0 bridgehead atoms. The summed E-state index contributed by atoms with van der Waals surface area (Å²) in [5.41, 5.74) is 0. The number of hydrogen-bond donors (Lipinski definition) is 0. The van der Waals surface area contributed by atoms with Gasteiger partial charge in [0.1, 0.15) is 0 Å². The van der Waals surface area contributed by atoms with Crippen LogP contribution < -0.4 is 0 Å². The van der Waals surface area contributed by atoms with Gasteiger partial charge in [-0.3, -0.25) is 14.5 Å². The number of carbonyl (C=O) groups excluding carboxylic acids is 2. The third-order valence-electron chi connectivity index (χ3n) is 2.10. The number of amides is 2. The molecule has 0 aromatic heterocycles. The van der Waals surface area contributed by atoms with Crippen molar-refractivity contribution in [3.8, 4) is 0 Å². The minimum absolute atomic E-state index is 0.145. The lowest BCUT2D eigenvalue weighted by atomic mass is 10.2. The monoisotopic (exact) mass is 213 g/mol. The van der Waals surface area contributed by atoms with Crippen molar-refractivity contribution >= 4 is 11.8 Å². The van der Waals surface area contributed by atoms with Crippen molar-refractivity contribution in [3.05, 3.63) is 12.7 Å². The SMILES string of the molecule is C=CC(=O)N(C)C(=O)CCC[N+](C)(C)C. The van der Waals surface area contributed by atoms with Crippen molar-refractivity contribution < 1.29 is 14.1 Å². The van der Waals surface area contributed by atoms with Gasteiger partial charge in [-0.25, -0.2) is 0 Å². The molecular formula is C11H21N2O2+. The molecule has 86 valence electrons. The van der Waals surface area contributed by atoms with E-state index in [1.807, 2.05) is 0 Å². The topological polar surface area (TPSA) is 37.4 Å². The van der Waals surface area contributed by atoms with E-state index in [1.165, 1.54) is 7.05 Å². The molecule has 4 heteroatoms. The van der Waals surface area contributed by atoms with Crippen LogP contribution in [0, 0.1) is 0 Å². The zero-order valence-electron chi connectivity index (χ0n) is 10.1. The molecule has 0 aromatic carbocycles. The molecule has 0 fully saturated rings. The predicted molar refractivity (Wildman–Crippen MR) is 60.1 cm³/mol. The molecule has 0 radical (unpaired) electrons. The molecular weight excluding hydrogens is 192 g/mol. The van der Waals surface area contributed by atoms with Crippen molar-refractivity contribution in [1.82, 2.24) is 4.90 Å². The maximum Gasteiger partial charge on any atom is 0.252 e. The van der Waals surface area contributed by atoms with Crippen molar-refractivity contribution in [2.45, 2.75) is 12.8 Å². The Morgan fingerprint density at radius 1 is 1.33 bits per heavy atom. The average molecular weight is 213 g/mol. The van der Waals surface area contributed by atoms with Crippen LogP contribution in [0.15, 0.2) is 12.7 Å². The maximum atomic E-state index is 11.5. The van der Waals surface area contributed by atoms with Crippen LogP contribution in [0.3, 0.4) is 0 Å². The van der Waals surface area contributed by atoms with Crippen molar-refractivity contribution in [2.75, 3.05) is 34.7 Å². The van der Waals surface area contributed by atoms with Gasteiger partial charge < -0.3 is 4.48 Å². The summed E-state index contributed by atoms with van der Waals surface area (Å²) < 4.78 is 0.826. The Labute approximate surface area is 91.8 Å². The van der Waals surface area contributed by atoms with Crippen LogP contribution in [-0.2, 0) is 9.59 Å². The third kappa shape index (κ3) is 6.01. The quantitative estimate of drug-likeness (QED) is 0.496. The van der Waals surface area contributed by atoms with E-state index in [4.69, 9.17) is 0 Å². The fourth-order valence-corrected chi connectivity index (χ4v) is 1.13. The Kier molecular flexibility index (Phi) is 5.22. The zero-order valence-corrected chi connectivity index (χ0v) is 10.1. The lowest BCUT2D eigenvalue weighted by Gasteiger charge is -2.23. The molecule has 4 nitrogen and oxygen atoms in total. The average Bonchev–Trinajstić information content (AvgIpc) is 2.13. The first-order valence-electron chi connectivity index (χ1n) is 5.01. The number of imide groups is 1. The van der Waals surface area contributed by atoms with Gasteiger partial charge in [0, 0.05) is 19.9 Å². The lowest BCUT2D eigenvalue weighted by Crippen LogP contribution is -2.37. The van der Waals surface area contributed by atoms with Gasteiger partial charge in [-0.05, 0) is 6.08 Å². The van der Waals surface area contributed by atoms with E-state index in [1.54, 1.807) is 0 Å². The first-order chi connectivity index (χ1) is 6.78. The number of hydrogen-bond acceptors (Lipinski definition) is 2. The van der Waals surface area contributed by atoms with E-state index >= 15 is 0 Å². The molecule has 0 rings (SSSR count). The molecule has 0 aromatic rings. The minimum atomic E-state index is -0.342. The second-order valence-electron chi connectivity index (χ2n) is 4.61. The largest absolute Gasteiger partial charge is 0.331 e. The number of rotatable bonds is 5. The molecule has 0 atom stereocenters. The summed E-state index contributed by atoms with van der Waals surface area (Å²) in [6.07, 6.45) is 2.35. The summed E-state index contributed by atoms with van der Waals surface area (Å²) in [7, 11) is 7.70. The Morgan fingerprint density at radius 3 is 2.27 bits per heavy atom. The second-order valence-corrected chi connectivity index (χ2v) is 4.61. The van der Waals surface area contributed by atoms with Crippen LogP contribution in [0.25, 0.3) is 0 Å². The van der Waals surface area contributed by atoms with Crippen molar-refractivity contribution in [3.63, 3.8) is 0 Å². The molecule has 0 heterocycles. The molecule has 0 aliphatic carbocycles. The fourth-order valence-electron chi connectivity index (χ4n) is 1.13. The molecule has 0 N–H and O–H groups in total. The Bertz CT molecular complexity index is 254.